The van der Waals surface area contributed by atoms with Crippen LogP contribution in [0.2, 0.25) is 0 Å². The third-order valence-corrected chi connectivity index (χ3v) is 3.37. The number of hydrogen-bond acceptors (Lipinski definition) is 0. The molecular weight excluding hydrogens is 216 g/mol. The van der Waals surface area contributed by atoms with Crippen molar-refractivity contribution >= 4 is 5.57 Å². The first kappa shape index (κ1) is 11.0. The second-order valence-corrected chi connectivity index (χ2v) is 4.74. The van der Waals surface area contributed by atoms with Gasteiger partial charge in [0.1, 0.15) is 0 Å². The number of benzene rings is 2. The summed E-state index contributed by atoms with van der Waals surface area (Å²) in [5.74, 6) is 0. The van der Waals surface area contributed by atoms with Gasteiger partial charge in [-0.05, 0) is 35.6 Å². The molecule has 0 N–H and O–H groups in total. The van der Waals surface area contributed by atoms with Gasteiger partial charge in [-0.25, -0.2) is 0 Å². The van der Waals surface area contributed by atoms with Crippen molar-refractivity contribution in [2.75, 3.05) is 0 Å². The lowest BCUT2D eigenvalue weighted by Gasteiger charge is -2.05. The summed E-state index contributed by atoms with van der Waals surface area (Å²) in [7, 11) is 0. The lowest BCUT2D eigenvalue weighted by Crippen LogP contribution is -1.82. The molecule has 2 aromatic rings. The van der Waals surface area contributed by atoms with Crippen LogP contribution in [0.5, 0.6) is 0 Å². The summed E-state index contributed by atoms with van der Waals surface area (Å²) in [4.78, 5) is 0. The minimum absolute atomic E-state index is 1.06. The zero-order chi connectivity index (χ0) is 12.4. The fourth-order valence-electron chi connectivity index (χ4n) is 2.27. The Morgan fingerprint density at radius 1 is 0.722 bits per heavy atom. The monoisotopic (exact) mass is 232 g/mol. The lowest BCUT2D eigenvalue weighted by atomic mass is 10.0. The van der Waals surface area contributed by atoms with Crippen LogP contribution in [-0.4, -0.2) is 0 Å². The van der Waals surface area contributed by atoms with Crippen molar-refractivity contribution in [2.45, 2.75) is 13.3 Å². The summed E-state index contributed by atoms with van der Waals surface area (Å²) < 4.78 is 0. The number of aryl methyl sites for hydroxylation is 1. The van der Waals surface area contributed by atoms with Gasteiger partial charge < -0.3 is 0 Å². The Morgan fingerprint density at radius 3 is 1.83 bits per heavy atom. The average Bonchev–Trinajstić information content (AvgIpc) is 2.94. The van der Waals surface area contributed by atoms with Crippen molar-refractivity contribution < 1.29 is 0 Å². The Bertz CT molecular complexity index is 595. The van der Waals surface area contributed by atoms with E-state index < -0.39 is 0 Å². The molecule has 1 aliphatic carbocycles. The molecule has 0 radical (unpaired) electrons. The molecule has 0 heterocycles. The third-order valence-electron chi connectivity index (χ3n) is 3.37. The predicted molar refractivity (Wildman–Crippen MR) is 78.3 cm³/mol. The molecule has 0 saturated carbocycles. The van der Waals surface area contributed by atoms with Crippen molar-refractivity contribution in [1.29, 1.82) is 0 Å². The van der Waals surface area contributed by atoms with E-state index in [9.17, 15) is 0 Å². The minimum atomic E-state index is 1.06. The Balaban J connectivity index is 1.91. The normalized spacial score (nSPS) is 13.7. The summed E-state index contributed by atoms with van der Waals surface area (Å²) in [6.45, 7) is 2.12. The molecule has 0 atom stereocenters. The van der Waals surface area contributed by atoms with E-state index >= 15 is 0 Å². The van der Waals surface area contributed by atoms with E-state index in [-0.39, 0.29) is 0 Å². The van der Waals surface area contributed by atoms with Gasteiger partial charge in [-0.1, -0.05) is 72.3 Å². The SMILES string of the molecule is Cc1ccc(-c2ccc(C3=CCC=C3)cc2)cc1. The molecule has 2 aromatic carbocycles. The summed E-state index contributed by atoms with van der Waals surface area (Å²) in [6, 6.07) is 17.5. The first-order valence-corrected chi connectivity index (χ1v) is 6.37. The van der Waals surface area contributed by atoms with Crippen molar-refractivity contribution in [3.63, 3.8) is 0 Å². The van der Waals surface area contributed by atoms with Crippen molar-refractivity contribution in [3.8, 4) is 11.1 Å². The second-order valence-electron chi connectivity index (χ2n) is 4.74. The zero-order valence-corrected chi connectivity index (χ0v) is 10.6. The highest BCUT2D eigenvalue weighted by Crippen LogP contribution is 2.25. The highest BCUT2D eigenvalue weighted by atomic mass is 14.1. The van der Waals surface area contributed by atoms with E-state index in [1.807, 2.05) is 0 Å². The van der Waals surface area contributed by atoms with Crippen molar-refractivity contribution in [1.82, 2.24) is 0 Å². The van der Waals surface area contributed by atoms with Crippen LogP contribution in [0.3, 0.4) is 0 Å². The molecule has 3 rings (SSSR count). The molecule has 0 aromatic heterocycles. The van der Waals surface area contributed by atoms with Gasteiger partial charge in [-0.2, -0.15) is 0 Å². The highest BCUT2D eigenvalue weighted by Gasteiger charge is 2.02. The molecule has 0 amide bonds. The van der Waals surface area contributed by atoms with Crippen molar-refractivity contribution in [2.24, 2.45) is 0 Å². The standard InChI is InChI=1S/C18H16/c1-14-6-8-16(9-7-14)18-12-10-17(11-13-18)15-4-2-3-5-15/h2,4-13H,3H2,1H3. The van der Waals surface area contributed by atoms with Crippen LogP contribution in [0.25, 0.3) is 16.7 Å². The molecule has 0 aliphatic heterocycles. The molecule has 0 unspecified atom stereocenters. The Morgan fingerprint density at radius 2 is 1.28 bits per heavy atom. The predicted octanol–water partition coefficient (Wildman–Crippen LogP) is 5.01. The second kappa shape index (κ2) is 4.66. The summed E-state index contributed by atoms with van der Waals surface area (Å²) in [5.41, 5.74) is 6.51. The number of hydrogen-bond donors (Lipinski definition) is 0. The van der Waals surface area contributed by atoms with E-state index in [1.54, 1.807) is 0 Å². The minimum Gasteiger partial charge on any atom is -0.0801 e. The maximum atomic E-state index is 2.26. The van der Waals surface area contributed by atoms with Gasteiger partial charge in [0.15, 0.2) is 0 Å². The molecule has 88 valence electrons. The quantitative estimate of drug-likeness (QED) is 0.683. The summed E-state index contributed by atoms with van der Waals surface area (Å²) >= 11 is 0. The van der Waals surface area contributed by atoms with Crippen LogP contribution in [0.15, 0.2) is 66.8 Å². The van der Waals surface area contributed by atoms with E-state index in [2.05, 4.69) is 73.7 Å². The molecule has 0 fully saturated rings. The molecule has 0 heteroatoms. The maximum absolute atomic E-state index is 2.26. The fraction of sp³-hybridized carbons (Fsp3) is 0.111. The summed E-state index contributed by atoms with van der Waals surface area (Å²) in [5, 5.41) is 0. The highest BCUT2D eigenvalue weighted by molar-refractivity contribution is 5.77. The van der Waals surface area contributed by atoms with Gasteiger partial charge in [0.25, 0.3) is 0 Å². The Hall–Kier alpha value is -2.08. The zero-order valence-electron chi connectivity index (χ0n) is 10.6. The van der Waals surface area contributed by atoms with Gasteiger partial charge in [0.2, 0.25) is 0 Å². The Labute approximate surface area is 108 Å². The van der Waals surface area contributed by atoms with Crippen LogP contribution in [0.4, 0.5) is 0 Å². The Kier molecular flexibility index (Phi) is 2.85. The largest absolute Gasteiger partial charge is 0.0801 e. The molecule has 0 saturated heterocycles. The average molecular weight is 232 g/mol. The van der Waals surface area contributed by atoms with Gasteiger partial charge in [0, 0.05) is 0 Å². The van der Waals surface area contributed by atoms with Gasteiger partial charge in [0.05, 0.1) is 0 Å². The van der Waals surface area contributed by atoms with E-state index in [0.717, 1.165) is 6.42 Å². The fourth-order valence-corrected chi connectivity index (χ4v) is 2.27. The summed E-state index contributed by atoms with van der Waals surface area (Å²) in [6.07, 6.45) is 7.72. The van der Waals surface area contributed by atoms with Crippen LogP contribution < -0.4 is 0 Å². The van der Waals surface area contributed by atoms with Crippen LogP contribution in [0.1, 0.15) is 17.5 Å². The molecule has 0 bridgehead atoms. The van der Waals surface area contributed by atoms with Crippen LogP contribution >= 0.6 is 0 Å². The molecule has 0 nitrogen and oxygen atoms in total. The molecule has 0 spiro atoms. The van der Waals surface area contributed by atoms with Crippen molar-refractivity contribution in [3.05, 3.63) is 77.9 Å². The first-order valence-electron chi connectivity index (χ1n) is 6.37. The molecular formula is C18H16. The maximum Gasteiger partial charge on any atom is -0.0157 e. The van der Waals surface area contributed by atoms with Gasteiger partial charge in [-0.3, -0.25) is 0 Å². The van der Waals surface area contributed by atoms with Crippen LogP contribution in [0, 0.1) is 6.92 Å². The molecule has 18 heavy (non-hydrogen) atoms. The van der Waals surface area contributed by atoms with E-state index in [4.69, 9.17) is 0 Å². The van der Waals surface area contributed by atoms with E-state index in [0.29, 0.717) is 0 Å². The lowest BCUT2D eigenvalue weighted by molar-refractivity contribution is 1.45. The topological polar surface area (TPSA) is 0 Å². The third kappa shape index (κ3) is 2.14. The van der Waals surface area contributed by atoms with E-state index in [1.165, 1.54) is 27.8 Å². The molecule has 1 aliphatic rings. The first-order chi connectivity index (χ1) is 8.83. The smallest absolute Gasteiger partial charge is 0.0157 e. The van der Waals surface area contributed by atoms with Gasteiger partial charge in [-0.15, -0.1) is 0 Å². The van der Waals surface area contributed by atoms with Crippen LogP contribution in [-0.2, 0) is 0 Å². The van der Waals surface area contributed by atoms with Gasteiger partial charge >= 0.3 is 0 Å². The number of rotatable bonds is 2. The number of allylic oxidation sites excluding steroid dienone is 4.